The predicted octanol–water partition coefficient (Wildman–Crippen LogP) is 5.28. The Bertz CT molecular complexity index is 833. The minimum absolute atomic E-state index is 0.679. The molecule has 0 atom stereocenters. The van der Waals surface area contributed by atoms with Gasteiger partial charge in [0.1, 0.15) is 0 Å². The summed E-state index contributed by atoms with van der Waals surface area (Å²) in [4.78, 5) is 4.31. The van der Waals surface area contributed by atoms with Crippen molar-refractivity contribution in [2.75, 3.05) is 11.1 Å². The lowest BCUT2D eigenvalue weighted by atomic mass is 10.1. The molecule has 0 aliphatic carbocycles. The Kier molecular flexibility index (Phi) is 3.74. The number of nitrogen functional groups attached to an aromatic ring is 1. The van der Waals surface area contributed by atoms with E-state index in [0.29, 0.717) is 10.7 Å². The fourth-order valence-electron chi connectivity index (χ4n) is 2.21. The Labute approximate surface area is 136 Å². The van der Waals surface area contributed by atoms with Gasteiger partial charge in [0.05, 0.1) is 5.69 Å². The van der Waals surface area contributed by atoms with Crippen LogP contribution in [0.5, 0.6) is 0 Å². The predicted molar refractivity (Wildman–Crippen MR) is 93.3 cm³/mol. The number of halogens is 2. The molecule has 3 N–H and O–H groups in total. The second-order valence-electron chi connectivity index (χ2n) is 4.82. The monoisotopic (exact) mass is 361 g/mol. The maximum Gasteiger partial charge on any atom is 0.0543 e. The summed E-state index contributed by atoms with van der Waals surface area (Å²) < 4.78 is 0.947. The van der Waals surface area contributed by atoms with E-state index in [-0.39, 0.29) is 0 Å². The molecular weight excluding hydrogens is 350 g/mol. The second kappa shape index (κ2) is 5.54. The van der Waals surface area contributed by atoms with Gasteiger partial charge in [0.2, 0.25) is 0 Å². The highest BCUT2D eigenvalue weighted by molar-refractivity contribution is 9.10. The smallest absolute Gasteiger partial charge is 0.0543 e. The van der Waals surface area contributed by atoms with Gasteiger partial charge in [-0.3, -0.25) is 4.98 Å². The summed E-state index contributed by atoms with van der Waals surface area (Å²) >= 11 is 9.58. The Morgan fingerprint density at radius 3 is 2.71 bits per heavy atom. The van der Waals surface area contributed by atoms with Crippen molar-refractivity contribution in [3.63, 3.8) is 0 Å². The van der Waals surface area contributed by atoms with E-state index in [1.807, 2.05) is 43.3 Å². The summed E-state index contributed by atoms with van der Waals surface area (Å²) in [7, 11) is 0. The summed E-state index contributed by atoms with van der Waals surface area (Å²) in [6.07, 6.45) is 1.80. The summed E-state index contributed by atoms with van der Waals surface area (Å²) in [6.45, 7) is 1.96. The van der Waals surface area contributed by atoms with Gasteiger partial charge in [-0.2, -0.15) is 0 Å². The van der Waals surface area contributed by atoms with Crippen LogP contribution in [0.1, 0.15) is 5.69 Å². The number of fused-ring (bicyclic) bond motifs is 1. The molecule has 106 valence electrons. The first-order chi connectivity index (χ1) is 10.0. The molecule has 21 heavy (non-hydrogen) atoms. The summed E-state index contributed by atoms with van der Waals surface area (Å²) in [5, 5.41) is 6.05. The number of anilines is 3. The zero-order valence-corrected chi connectivity index (χ0v) is 13.7. The largest absolute Gasteiger partial charge is 0.398 e. The molecule has 0 spiro atoms. The van der Waals surface area contributed by atoms with Gasteiger partial charge in [0, 0.05) is 43.5 Å². The number of hydrogen-bond acceptors (Lipinski definition) is 3. The number of nitrogens with two attached hydrogens (primary N) is 1. The molecule has 0 unspecified atom stereocenters. The molecule has 0 amide bonds. The number of pyridine rings is 1. The third-order valence-electron chi connectivity index (χ3n) is 3.27. The van der Waals surface area contributed by atoms with Crippen LogP contribution in [-0.2, 0) is 0 Å². The van der Waals surface area contributed by atoms with Gasteiger partial charge in [-0.15, -0.1) is 0 Å². The van der Waals surface area contributed by atoms with E-state index in [0.717, 1.165) is 32.3 Å². The molecule has 3 aromatic rings. The minimum Gasteiger partial charge on any atom is -0.398 e. The maximum absolute atomic E-state index is 6.06. The van der Waals surface area contributed by atoms with E-state index in [1.54, 1.807) is 6.20 Å². The van der Waals surface area contributed by atoms with Gasteiger partial charge in [-0.25, -0.2) is 0 Å². The lowest BCUT2D eigenvalue weighted by Gasteiger charge is -2.13. The van der Waals surface area contributed by atoms with Gasteiger partial charge in [0.25, 0.3) is 0 Å². The lowest BCUT2D eigenvalue weighted by Crippen LogP contribution is -1.96. The zero-order chi connectivity index (χ0) is 15.0. The van der Waals surface area contributed by atoms with E-state index in [1.165, 1.54) is 0 Å². The van der Waals surface area contributed by atoms with Crippen LogP contribution in [0.2, 0.25) is 5.02 Å². The van der Waals surface area contributed by atoms with Gasteiger partial charge < -0.3 is 11.1 Å². The van der Waals surface area contributed by atoms with Crippen molar-refractivity contribution >= 4 is 55.4 Å². The number of benzene rings is 2. The molecule has 3 rings (SSSR count). The quantitative estimate of drug-likeness (QED) is 0.609. The van der Waals surface area contributed by atoms with Crippen molar-refractivity contribution in [1.82, 2.24) is 4.98 Å². The summed E-state index contributed by atoms with van der Waals surface area (Å²) in [6, 6.07) is 11.5. The Hall–Kier alpha value is -1.78. The highest BCUT2D eigenvalue weighted by Crippen LogP contribution is 2.34. The maximum atomic E-state index is 6.06. The molecule has 1 aromatic heterocycles. The average molecular weight is 363 g/mol. The van der Waals surface area contributed by atoms with E-state index in [9.17, 15) is 0 Å². The van der Waals surface area contributed by atoms with E-state index in [4.69, 9.17) is 17.3 Å². The fourth-order valence-corrected chi connectivity index (χ4v) is 2.73. The van der Waals surface area contributed by atoms with E-state index in [2.05, 4.69) is 26.2 Å². The third-order valence-corrected chi connectivity index (χ3v) is 4.20. The van der Waals surface area contributed by atoms with Crippen molar-refractivity contribution in [3.8, 4) is 0 Å². The standard InChI is InChI=1S/C16H13BrClN3/c1-9-6-11-12(8-20-9)14(19)4-5-15(11)21-16-7-10(18)2-3-13(16)17/h2-8,21H,19H2,1H3. The second-order valence-corrected chi connectivity index (χ2v) is 6.11. The molecule has 0 aliphatic heterocycles. The molecule has 0 saturated heterocycles. The molecule has 0 radical (unpaired) electrons. The van der Waals surface area contributed by atoms with Gasteiger partial charge >= 0.3 is 0 Å². The van der Waals surface area contributed by atoms with E-state index < -0.39 is 0 Å². The molecule has 2 aromatic carbocycles. The summed E-state index contributed by atoms with van der Waals surface area (Å²) in [5.41, 5.74) is 9.56. The van der Waals surface area contributed by atoms with Crippen LogP contribution in [0.4, 0.5) is 17.1 Å². The molecule has 3 nitrogen and oxygen atoms in total. The normalized spacial score (nSPS) is 10.8. The molecule has 1 heterocycles. The zero-order valence-electron chi connectivity index (χ0n) is 11.3. The number of hydrogen-bond donors (Lipinski definition) is 2. The molecular formula is C16H13BrClN3. The fraction of sp³-hybridized carbons (Fsp3) is 0.0625. The lowest BCUT2D eigenvalue weighted by molar-refractivity contribution is 1.22. The number of aromatic nitrogens is 1. The first-order valence-electron chi connectivity index (χ1n) is 6.41. The molecule has 5 heteroatoms. The van der Waals surface area contributed by atoms with Crippen molar-refractivity contribution in [1.29, 1.82) is 0 Å². The van der Waals surface area contributed by atoms with Crippen molar-refractivity contribution in [2.45, 2.75) is 6.92 Å². The van der Waals surface area contributed by atoms with Crippen LogP contribution in [-0.4, -0.2) is 4.98 Å². The number of aryl methyl sites for hydroxylation is 1. The molecule has 0 fully saturated rings. The Morgan fingerprint density at radius 1 is 1.10 bits per heavy atom. The SMILES string of the molecule is Cc1cc2c(Nc3cc(Cl)ccc3Br)ccc(N)c2cn1. The van der Waals surface area contributed by atoms with Crippen LogP contribution >= 0.6 is 27.5 Å². The van der Waals surface area contributed by atoms with Crippen LogP contribution < -0.4 is 11.1 Å². The topological polar surface area (TPSA) is 50.9 Å². The highest BCUT2D eigenvalue weighted by Gasteiger charge is 2.08. The third kappa shape index (κ3) is 2.82. The molecule has 0 saturated carbocycles. The minimum atomic E-state index is 0.679. The van der Waals surface area contributed by atoms with Crippen LogP contribution in [0.3, 0.4) is 0 Å². The van der Waals surface area contributed by atoms with Crippen LogP contribution in [0, 0.1) is 6.92 Å². The number of nitrogens with zero attached hydrogens (tertiary/aromatic N) is 1. The Balaban J connectivity index is 2.14. The first kappa shape index (κ1) is 14.2. The average Bonchev–Trinajstić information content (AvgIpc) is 2.46. The van der Waals surface area contributed by atoms with Crippen molar-refractivity contribution in [3.05, 3.63) is 57.8 Å². The molecule has 0 aliphatic rings. The Morgan fingerprint density at radius 2 is 1.90 bits per heavy atom. The van der Waals surface area contributed by atoms with Crippen molar-refractivity contribution < 1.29 is 0 Å². The summed E-state index contributed by atoms with van der Waals surface area (Å²) in [5.74, 6) is 0. The number of nitrogens with one attached hydrogen (secondary N) is 1. The van der Waals surface area contributed by atoms with Gasteiger partial charge in [-0.05, 0) is 59.3 Å². The van der Waals surface area contributed by atoms with Crippen LogP contribution in [0.25, 0.3) is 10.8 Å². The first-order valence-corrected chi connectivity index (χ1v) is 7.58. The number of rotatable bonds is 2. The van der Waals surface area contributed by atoms with Gasteiger partial charge in [0.15, 0.2) is 0 Å². The van der Waals surface area contributed by atoms with Gasteiger partial charge in [-0.1, -0.05) is 11.6 Å². The molecule has 0 bridgehead atoms. The highest BCUT2D eigenvalue weighted by atomic mass is 79.9. The van der Waals surface area contributed by atoms with Crippen molar-refractivity contribution in [2.24, 2.45) is 0 Å². The van der Waals surface area contributed by atoms with E-state index >= 15 is 0 Å². The van der Waals surface area contributed by atoms with Crippen LogP contribution in [0.15, 0.2) is 47.1 Å².